The Hall–Kier alpha value is -0.800. The first-order chi connectivity index (χ1) is 8.40. The molecule has 18 heavy (non-hydrogen) atoms. The van der Waals surface area contributed by atoms with E-state index in [4.69, 9.17) is 5.73 Å². The van der Waals surface area contributed by atoms with Gasteiger partial charge in [-0.05, 0) is 6.92 Å². The third-order valence-corrected chi connectivity index (χ3v) is 5.04. The summed E-state index contributed by atoms with van der Waals surface area (Å²) in [5.74, 6) is -0.173. The van der Waals surface area contributed by atoms with Gasteiger partial charge in [-0.1, -0.05) is 34.9 Å². The second kappa shape index (κ2) is 6.95. The van der Waals surface area contributed by atoms with E-state index < -0.39 is 0 Å². The zero-order chi connectivity index (χ0) is 13.7. The van der Waals surface area contributed by atoms with Crippen molar-refractivity contribution in [1.29, 1.82) is 0 Å². The van der Waals surface area contributed by atoms with Crippen LogP contribution in [0.1, 0.15) is 6.92 Å². The van der Waals surface area contributed by atoms with E-state index in [9.17, 15) is 9.59 Å². The van der Waals surface area contributed by atoms with Crippen molar-refractivity contribution in [3.05, 3.63) is 0 Å². The molecule has 2 N–H and O–H groups in total. The number of thioether (sulfide) groups is 2. The van der Waals surface area contributed by atoms with Crippen LogP contribution in [0.15, 0.2) is 8.68 Å². The first-order valence-corrected chi connectivity index (χ1v) is 7.70. The number of carbonyl (C=O) groups is 2. The van der Waals surface area contributed by atoms with Crippen molar-refractivity contribution in [2.24, 2.45) is 5.73 Å². The number of nitrogens with two attached hydrogens (primary N) is 1. The lowest BCUT2D eigenvalue weighted by Crippen LogP contribution is -2.29. The summed E-state index contributed by atoms with van der Waals surface area (Å²) in [5, 5.41) is 7.68. The zero-order valence-electron chi connectivity index (χ0n) is 10.2. The largest absolute Gasteiger partial charge is 0.369 e. The lowest BCUT2D eigenvalue weighted by Gasteiger charge is -2.14. The van der Waals surface area contributed by atoms with Crippen LogP contribution in [0, 0.1) is 0 Å². The molecule has 0 aliphatic carbocycles. The maximum atomic E-state index is 11.7. The van der Waals surface area contributed by atoms with E-state index in [1.165, 1.54) is 34.9 Å². The van der Waals surface area contributed by atoms with Crippen LogP contribution >= 0.6 is 34.9 Å². The van der Waals surface area contributed by atoms with Crippen molar-refractivity contribution < 1.29 is 9.59 Å². The average Bonchev–Trinajstić information content (AvgIpc) is 2.72. The number of primary amides is 1. The van der Waals surface area contributed by atoms with E-state index in [0.29, 0.717) is 8.68 Å². The summed E-state index contributed by atoms with van der Waals surface area (Å²) in [6.45, 7) is 1.82. The summed E-state index contributed by atoms with van der Waals surface area (Å²) >= 11 is 3.97. The standard InChI is InChI=1S/C9H14N4O2S3/c1-5(7(15)13(2)3)17-9-12-11-8(18-9)16-4-6(10)14/h5H,4H2,1-3H3,(H2,10,14). The van der Waals surface area contributed by atoms with Gasteiger partial charge in [-0.2, -0.15) is 0 Å². The Morgan fingerprint density at radius 2 is 2.00 bits per heavy atom. The highest BCUT2D eigenvalue weighted by molar-refractivity contribution is 8.04. The minimum Gasteiger partial charge on any atom is -0.369 e. The fourth-order valence-electron chi connectivity index (χ4n) is 1.00. The molecule has 0 aliphatic rings. The predicted molar refractivity (Wildman–Crippen MR) is 73.8 cm³/mol. The number of rotatable bonds is 6. The van der Waals surface area contributed by atoms with Gasteiger partial charge in [0, 0.05) is 14.1 Å². The van der Waals surface area contributed by atoms with Gasteiger partial charge in [0.05, 0.1) is 11.0 Å². The van der Waals surface area contributed by atoms with Crippen LogP contribution in [0.5, 0.6) is 0 Å². The monoisotopic (exact) mass is 306 g/mol. The molecule has 0 aromatic carbocycles. The molecule has 6 nitrogen and oxygen atoms in total. The van der Waals surface area contributed by atoms with Gasteiger partial charge in [0.1, 0.15) is 0 Å². The second-order valence-electron chi connectivity index (χ2n) is 3.58. The molecule has 1 unspecified atom stereocenters. The van der Waals surface area contributed by atoms with Crippen LogP contribution in [0.4, 0.5) is 0 Å². The van der Waals surface area contributed by atoms with E-state index in [-0.39, 0.29) is 22.8 Å². The van der Waals surface area contributed by atoms with Crippen LogP contribution < -0.4 is 5.73 Å². The van der Waals surface area contributed by atoms with Gasteiger partial charge in [-0.3, -0.25) is 9.59 Å². The summed E-state index contributed by atoms with van der Waals surface area (Å²) in [6, 6.07) is 0. The number of aromatic nitrogens is 2. The lowest BCUT2D eigenvalue weighted by molar-refractivity contribution is -0.127. The molecular formula is C9H14N4O2S3. The minimum atomic E-state index is -0.388. The number of hydrogen-bond donors (Lipinski definition) is 1. The Morgan fingerprint density at radius 3 is 2.56 bits per heavy atom. The molecule has 0 fully saturated rings. The first kappa shape index (κ1) is 15.3. The van der Waals surface area contributed by atoms with Crippen molar-refractivity contribution in [2.45, 2.75) is 20.9 Å². The van der Waals surface area contributed by atoms with Gasteiger partial charge in [-0.25, -0.2) is 0 Å². The minimum absolute atomic E-state index is 0.0292. The van der Waals surface area contributed by atoms with Gasteiger partial charge in [0.25, 0.3) is 0 Å². The van der Waals surface area contributed by atoms with Crippen molar-refractivity contribution in [1.82, 2.24) is 15.1 Å². The predicted octanol–water partition coefficient (Wildman–Crippen LogP) is 0.684. The quantitative estimate of drug-likeness (QED) is 0.778. The van der Waals surface area contributed by atoms with Crippen molar-refractivity contribution in [3.63, 3.8) is 0 Å². The summed E-state index contributed by atoms with van der Waals surface area (Å²) in [5.41, 5.74) is 5.04. The van der Waals surface area contributed by atoms with E-state index in [1.807, 2.05) is 6.92 Å². The average molecular weight is 306 g/mol. The molecule has 0 radical (unpaired) electrons. The normalized spacial score (nSPS) is 12.2. The topological polar surface area (TPSA) is 89.2 Å². The Kier molecular flexibility index (Phi) is 5.89. The molecule has 1 rings (SSSR count). The van der Waals surface area contributed by atoms with Crippen molar-refractivity contribution in [3.8, 4) is 0 Å². The summed E-state index contributed by atoms with van der Waals surface area (Å²) in [4.78, 5) is 23.8. The number of carbonyl (C=O) groups excluding carboxylic acids is 2. The molecule has 1 aromatic heterocycles. The first-order valence-electron chi connectivity index (χ1n) is 5.02. The second-order valence-corrected chi connectivity index (χ2v) is 7.37. The summed E-state index contributed by atoms with van der Waals surface area (Å²) < 4.78 is 1.39. The van der Waals surface area contributed by atoms with Crippen molar-refractivity contribution >= 4 is 46.7 Å². The van der Waals surface area contributed by atoms with Gasteiger partial charge in [0.15, 0.2) is 8.68 Å². The van der Waals surface area contributed by atoms with Crippen molar-refractivity contribution in [2.75, 3.05) is 19.8 Å². The Balaban J connectivity index is 2.53. The van der Waals surface area contributed by atoms with Crippen LogP contribution in [0.25, 0.3) is 0 Å². The highest BCUT2D eigenvalue weighted by Gasteiger charge is 2.18. The van der Waals surface area contributed by atoms with E-state index in [2.05, 4.69) is 10.2 Å². The third-order valence-electron chi connectivity index (χ3n) is 1.79. The smallest absolute Gasteiger partial charge is 0.235 e. The van der Waals surface area contributed by atoms with Gasteiger partial charge in [-0.15, -0.1) is 10.2 Å². The molecule has 0 saturated carbocycles. The zero-order valence-corrected chi connectivity index (χ0v) is 12.7. The highest BCUT2D eigenvalue weighted by Crippen LogP contribution is 2.31. The molecule has 0 aliphatic heterocycles. The van der Waals surface area contributed by atoms with Gasteiger partial charge in [0.2, 0.25) is 11.8 Å². The Morgan fingerprint density at radius 1 is 1.39 bits per heavy atom. The van der Waals surface area contributed by atoms with Crippen LogP contribution in [0.3, 0.4) is 0 Å². The molecule has 0 saturated heterocycles. The van der Waals surface area contributed by atoms with E-state index in [1.54, 1.807) is 19.0 Å². The molecule has 1 atom stereocenters. The van der Waals surface area contributed by atoms with E-state index in [0.717, 1.165) is 0 Å². The number of amides is 2. The maximum Gasteiger partial charge on any atom is 0.235 e. The summed E-state index contributed by atoms with van der Waals surface area (Å²) in [7, 11) is 3.43. The van der Waals surface area contributed by atoms with Gasteiger partial charge >= 0.3 is 0 Å². The molecule has 2 amide bonds. The fraction of sp³-hybridized carbons (Fsp3) is 0.556. The molecule has 1 aromatic rings. The number of nitrogens with zero attached hydrogens (tertiary/aromatic N) is 3. The molecule has 100 valence electrons. The molecular weight excluding hydrogens is 292 g/mol. The molecule has 9 heteroatoms. The Labute approximate surface area is 118 Å². The van der Waals surface area contributed by atoms with E-state index >= 15 is 0 Å². The fourth-order valence-corrected chi connectivity index (χ4v) is 4.05. The number of hydrogen-bond acceptors (Lipinski definition) is 7. The van der Waals surface area contributed by atoms with Crippen LogP contribution in [0.2, 0.25) is 0 Å². The van der Waals surface area contributed by atoms with Gasteiger partial charge < -0.3 is 10.6 Å². The molecule has 0 spiro atoms. The molecule has 1 heterocycles. The third kappa shape index (κ3) is 4.83. The van der Waals surface area contributed by atoms with Crippen LogP contribution in [-0.2, 0) is 9.59 Å². The SMILES string of the molecule is CC(Sc1nnc(SCC(N)=O)s1)C(=O)N(C)C. The Bertz CT molecular complexity index is 435. The lowest BCUT2D eigenvalue weighted by atomic mass is 10.4. The summed E-state index contributed by atoms with van der Waals surface area (Å²) in [6.07, 6.45) is 0. The maximum absolute atomic E-state index is 11.7. The molecule has 0 bridgehead atoms. The highest BCUT2D eigenvalue weighted by atomic mass is 32.2. The van der Waals surface area contributed by atoms with Crippen LogP contribution in [-0.4, -0.2) is 52.0 Å².